The number of nitrogens with one attached hydrogen (secondary N) is 2. The SMILES string of the molecule is Cc1nc(Nc2cccc(Br)c2)cc(C(=O)NCC(C)C)n1. The van der Waals surface area contributed by atoms with Crippen LogP contribution in [0.15, 0.2) is 34.8 Å². The zero-order valence-electron chi connectivity index (χ0n) is 12.9. The quantitative estimate of drug-likeness (QED) is 0.851. The summed E-state index contributed by atoms with van der Waals surface area (Å²) in [4.78, 5) is 20.6. The Hall–Kier alpha value is -1.95. The van der Waals surface area contributed by atoms with Crippen LogP contribution in [-0.2, 0) is 0 Å². The van der Waals surface area contributed by atoms with Crippen LogP contribution in [0.3, 0.4) is 0 Å². The van der Waals surface area contributed by atoms with E-state index in [0.717, 1.165) is 10.2 Å². The van der Waals surface area contributed by atoms with Crippen LogP contribution in [0.1, 0.15) is 30.2 Å². The minimum absolute atomic E-state index is 0.184. The first-order valence-electron chi connectivity index (χ1n) is 7.10. The van der Waals surface area contributed by atoms with Gasteiger partial charge < -0.3 is 10.6 Å². The van der Waals surface area contributed by atoms with Crippen LogP contribution >= 0.6 is 15.9 Å². The highest BCUT2D eigenvalue weighted by Crippen LogP contribution is 2.19. The fourth-order valence-electron chi connectivity index (χ4n) is 1.85. The largest absolute Gasteiger partial charge is 0.350 e. The van der Waals surface area contributed by atoms with Gasteiger partial charge in [-0.25, -0.2) is 9.97 Å². The highest BCUT2D eigenvalue weighted by molar-refractivity contribution is 9.10. The Morgan fingerprint density at radius 1 is 1.27 bits per heavy atom. The summed E-state index contributed by atoms with van der Waals surface area (Å²) in [6.45, 7) is 6.49. The van der Waals surface area contributed by atoms with E-state index in [4.69, 9.17) is 0 Å². The van der Waals surface area contributed by atoms with Crippen LogP contribution in [0.25, 0.3) is 0 Å². The first-order chi connectivity index (χ1) is 10.4. The molecule has 0 aliphatic carbocycles. The van der Waals surface area contributed by atoms with Crippen molar-refractivity contribution in [2.24, 2.45) is 5.92 Å². The zero-order valence-corrected chi connectivity index (χ0v) is 14.4. The summed E-state index contributed by atoms with van der Waals surface area (Å²) in [6, 6.07) is 9.40. The molecule has 0 aliphatic heterocycles. The van der Waals surface area contributed by atoms with Crippen molar-refractivity contribution < 1.29 is 4.79 Å². The third-order valence-corrected chi connectivity index (χ3v) is 3.33. The molecule has 2 rings (SSSR count). The van der Waals surface area contributed by atoms with Crippen molar-refractivity contribution in [2.75, 3.05) is 11.9 Å². The topological polar surface area (TPSA) is 66.9 Å². The zero-order chi connectivity index (χ0) is 16.1. The molecule has 1 aromatic carbocycles. The lowest BCUT2D eigenvalue weighted by Gasteiger charge is -2.10. The third-order valence-electron chi connectivity index (χ3n) is 2.84. The molecule has 2 aromatic rings. The van der Waals surface area contributed by atoms with Gasteiger partial charge in [0.05, 0.1) is 0 Å². The molecular formula is C16H19BrN4O. The normalized spacial score (nSPS) is 10.6. The van der Waals surface area contributed by atoms with E-state index < -0.39 is 0 Å². The highest BCUT2D eigenvalue weighted by atomic mass is 79.9. The van der Waals surface area contributed by atoms with Crippen LogP contribution in [-0.4, -0.2) is 22.4 Å². The Morgan fingerprint density at radius 2 is 2.05 bits per heavy atom. The smallest absolute Gasteiger partial charge is 0.270 e. The van der Waals surface area contributed by atoms with Gasteiger partial charge in [0.2, 0.25) is 0 Å². The van der Waals surface area contributed by atoms with E-state index in [1.54, 1.807) is 13.0 Å². The van der Waals surface area contributed by atoms with E-state index in [0.29, 0.717) is 29.8 Å². The maximum atomic E-state index is 12.1. The third kappa shape index (κ3) is 4.80. The lowest BCUT2D eigenvalue weighted by molar-refractivity contribution is 0.0943. The minimum atomic E-state index is -0.184. The van der Waals surface area contributed by atoms with E-state index >= 15 is 0 Å². The van der Waals surface area contributed by atoms with Crippen LogP contribution in [0.4, 0.5) is 11.5 Å². The second kappa shape index (κ2) is 7.35. The summed E-state index contributed by atoms with van der Waals surface area (Å²) in [5.74, 6) is 1.36. The molecule has 0 unspecified atom stereocenters. The number of aryl methyl sites for hydroxylation is 1. The van der Waals surface area contributed by atoms with Gasteiger partial charge in [-0.1, -0.05) is 35.8 Å². The molecule has 6 heteroatoms. The second-order valence-corrected chi connectivity index (χ2v) is 6.34. The van der Waals surface area contributed by atoms with Crippen molar-refractivity contribution in [1.82, 2.24) is 15.3 Å². The molecule has 22 heavy (non-hydrogen) atoms. The van der Waals surface area contributed by atoms with Crippen molar-refractivity contribution in [3.63, 3.8) is 0 Å². The van der Waals surface area contributed by atoms with Crippen molar-refractivity contribution in [3.8, 4) is 0 Å². The van der Waals surface area contributed by atoms with E-state index in [1.165, 1.54) is 0 Å². The summed E-state index contributed by atoms with van der Waals surface area (Å²) in [5, 5.41) is 6.05. The highest BCUT2D eigenvalue weighted by Gasteiger charge is 2.11. The number of amides is 1. The fourth-order valence-corrected chi connectivity index (χ4v) is 2.25. The number of aromatic nitrogens is 2. The van der Waals surface area contributed by atoms with E-state index in [2.05, 4.69) is 36.5 Å². The molecular weight excluding hydrogens is 344 g/mol. The summed E-state index contributed by atoms with van der Waals surface area (Å²) in [6.07, 6.45) is 0. The van der Waals surface area contributed by atoms with Gasteiger partial charge in [-0.05, 0) is 31.0 Å². The predicted octanol–water partition coefficient (Wildman–Crippen LogP) is 3.68. The molecule has 1 amide bonds. The monoisotopic (exact) mass is 362 g/mol. The van der Waals surface area contributed by atoms with Gasteiger partial charge in [0, 0.05) is 22.8 Å². The van der Waals surface area contributed by atoms with Crippen molar-refractivity contribution in [1.29, 1.82) is 0 Å². The summed E-state index contributed by atoms with van der Waals surface area (Å²) < 4.78 is 0.971. The van der Waals surface area contributed by atoms with Gasteiger partial charge in [-0.2, -0.15) is 0 Å². The standard InChI is InChI=1S/C16H19BrN4O/c1-10(2)9-18-16(22)14-8-15(20-11(3)19-14)21-13-6-4-5-12(17)7-13/h4-8,10H,9H2,1-3H3,(H,18,22)(H,19,20,21). The molecule has 0 bridgehead atoms. The molecule has 1 aromatic heterocycles. The van der Waals surface area contributed by atoms with Crippen LogP contribution in [0.2, 0.25) is 0 Å². The maximum absolute atomic E-state index is 12.1. The van der Waals surface area contributed by atoms with E-state index in [9.17, 15) is 4.79 Å². The molecule has 0 aliphatic rings. The first kappa shape index (κ1) is 16.4. The Morgan fingerprint density at radius 3 is 2.73 bits per heavy atom. The Kier molecular flexibility index (Phi) is 5.49. The van der Waals surface area contributed by atoms with Crippen molar-refractivity contribution in [2.45, 2.75) is 20.8 Å². The average molecular weight is 363 g/mol. The minimum Gasteiger partial charge on any atom is -0.350 e. The van der Waals surface area contributed by atoms with Gasteiger partial charge in [0.25, 0.3) is 5.91 Å². The average Bonchev–Trinajstić information content (AvgIpc) is 2.44. The summed E-state index contributed by atoms with van der Waals surface area (Å²) in [7, 11) is 0. The Balaban J connectivity index is 2.17. The lowest BCUT2D eigenvalue weighted by Crippen LogP contribution is -2.28. The number of hydrogen-bond acceptors (Lipinski definition) is 4. The van der Waals surface area contributed by atoms with Gasteiger partial charge in [0.1, 0.15) is 17.3 Å². The molecule has 0 radical (unpaired) electrons. The number of hydrogen-bond donors (Lipinski definition) is 2. The lowest BCUT2D eigenvalue weighted by atomic mass is 10.2. The number of nitrogens with zero attached hydrogens (tertiary/aromatic N) is 2. The Labute approximate surface area is 138 Å². The number of rotatable bonds is 5. The summed E-state index contributed by atoms with van der Waals surface area (Å²) in [5.41, 5.74) is 1.26. The number of anilines is 2. The first-order valence-corrected chi connectivity index (χ1v) is 7.90. The number of carbonyl (C=O) groups is 1. The van der Waals surface area contributed by atoms with Crippen molar-refractivity contribution >= 4 is 33.3 Å². The van der Waals surface area contributed by atoms with Crippen LogP contribution < -0.4 is 10.6 Å². The number of carbonyl (C=O) groups excluding carboxylic acids is 1. The molecule has 0 saturated carbocycles. The van der Waals surface area contributed by atoms with Gasteiger partial charge in [0.15, 0.2) is 0 Å². The maximum Gasteiger partial charge on any atom is 0.270 e. The van der Waals surface area contributed by atoms with Gasteiger partial charge in [-0.15, -0.1) is 0 Å². The second-order valence-electron chi connectivity index (χ2n) is 5.42. The van der Waals surface area contributed by atoms with Crippen molar-refractivity contribution in [3.05, 3.63) is 46.3 Å². The number of benzene rings is 1. The van der Waals surface area contributed by atoms with Crippen LogP contribution in [0.5, 0.6) is 0 Å². The van der Waals surface area contributed by atoms with Gasteiger partial charge >= 0.3 is 0 Å². The Bertz CT molecular complexity index is 673. The molecule has 1 heterocycles. The predicted molar refractivity (Wildman–Crippen MR) is 91.4 cm³/mol. The molecule has 0 fully saturated rings. The van der Waals surface area contributed by atoms with Gasteiger partial charge in [-0.3, -0.25) is 4.79 Å². The molecule has 0 saturated heterocycles. The van der Waals surface area contributed by atoms with E-state index in [-0.39, 0.29) is 5.91 Å². The van der Waals surface area contributed by atoms with E-state index in [1.807, 2.05) is 38.1 Å². The summed E-state index contributed by atoms with van der Waals surface area (Å²) >= 11 is 3.42. The molecule has 0 atom stereocenters. The van der Waals surface area contributed by atoms with Crippen LogP contribution in [0, 0.1) is 12.8 Å². The number of halogens is 1. The fraction of sp³-hybridized carbons (Fsp3) is 0.312. The molecule has 5 nitrogen and oxygen atoms in total. The molecule has 0 spiro atoms. The molecule has 2 N–H and O–H groups in total. The molecule has 116 valence electrons.